The molecule has 0 saturated heterocycles. The predicted molar refractivity (Wildman–Crippen MR) is 90.5 cm³/mol. The first-order chi connectivity index (χ1) is 9.40. The lowest BCUT2D eigenvalue weighted by Gasteiger charge is -2.18. The predicted octanol–water partition coefficient (Wildman–Crippen LogP) is 6.63. The van der Waals surface area contributed by atoms with E-state index in [0.717, 1.165) is 10.0 Å². The zero-order valence-electron chi connectivity index (χ0n) is 10.2. The summed E-state index contributed by atoms with van der Waals surface area (Å²) in [7, 11) is 0. The number of nitrogens with one attached hydrogen (secondary N) is 1. The first-order valence-electron chi connectivity index (χ1n) is 5.61. The molecule has 1 N–H and O–H groups in total. The summed E-state index contributed by atoms with van der Waals surface area (Å²) in [4.78, 5) is 4.06. The van der Waals surface area contributed by atoms with Gasteiger partial charge in [0, 0.05) is 10.7 Å². The average molecular weight is 415 g/mol. The Hall–Kier alpha value is -0.190. The molecule has 0 bridgehead atoms. The number of hydrogen-bond acceptors (Lipinski definition) is 2. The van der Waals surface area contributed by atoms with E-state index in [1.54, 1.807) is 12.3 Å². The minimum atomic E-state index is -0.106. The molecule has 1 atom stereocenters. The largest absolute Gasteiger partial charge is 0.376 e. The molecule has 2 rings (SSSR count). The fourth-order valence-electron chi connectivity index (χ4n) is 1.71. The summed E-state index contributed by atoms with van der Waals surface area (Å²) >= 11 is 27.6. The molecule has 1 aromatic heterocycles. The molecule has 1 unspecified atom stereocenters. The Kier molecular flexibility index (Phi) is 5.43. The average Bonchev–Trinajstić information content (AvgIpc) is 2.40. The van der Waals surface area contributed by atoms with Crippen molar-refractivity contribution in [1.82, 2.24) is 4.98 Å². The first kappa shape index (κ1) is 16.2. The van der Waals surface area contributed by atoms with Crippen molar-refractivity contribution in [1.29, 1.82) is 0 Å². The van der Waals surface area contributed by atoms with Crippen molar-refractivity contribution in [2.24, 2.45) is 0 Å². The van der Waals surface area contributed by atoms with Crippen LogP contribution in [0.4, 0.5) is 5.69 Å². The quantitative estimate of drug-likeness (QED) is 0.450. The van der Waals surface area contributed by atoms with Crippen LogP contribution < -0.4 is 5.32 Å². The molecule has 0 aliphatic heterocycles. The number of hydrogen-bond donors (Lipinski definition) is 1. The Morgan fingerprint density at radius 2 is 1.85 bits per heavy atom. The summed E-state index contributed by atoms with van der Waals surface area (Å²) in [5.41, 5.74) is 1.53. The van der Waals surface area contributed by atoms with Crippen LogP contribution in [0.3, 0.4) is 0 Å². The van der Waals surface area contributed by atoms with Crippen molar-refractivity contribution < 1.29 is 0 Å². The van der Waals surface area contributed by atoms with Crippen LogP contribution in [0, 0.1) is 0 Å². The van der Waals surface area contributed by atoms with Crippen molar-refractivity contribution in [3.8, 4) is 0 Å². The van der Waals surface area contributed by atoms with E-state index in [1.165, 1.54) is 0 Å². The number of nitrogens with zero attached hydrogens (tertiary/aromatic N) is 1. The van der Waals surface area contributed by atoms with Crippen LogP contribution in [0.1, 0.15) is 18.5 Å². The van der Waals surface area contributed by atoms with Gasteiger partial charge in [-0.05, 0) is 40.5 Å². The molecule has 2 nitrogen and oxygen atoms in total. The molecule has 2 aromatic rings. The summed E-state index contributed by atoms with van der Waals surface area (Å²) in [5.74, 6) is 0. The molecule has 1 heterocycles. The molecule has 0 amide bonds. The van der Waals surface area contributed by atoms with Gasteiger partial charge < -0.3 is 5.32 Å². The summed E-state index contributed by atoms with van der Waals surface area (Å²) in [6, 6.07) is 5.28. The Bertz CT molecular complexity index is 649. The Labute approximate surface area is 145 Å². The van der Waals surface area contributed by atoms with Gasteiger partial charge in [0.1, 0.15) is 0 Å². The third kappa shape index (κ3) is 3.52. The number of aromatic nitrogens is 1. The highest BCUT2D eigenvalue weighted by Crippen LogP contribution is 2.37. The van der Waals surface area contributed by atoms with E-state index in [4.69, 9.17) is 46.4 Å². The third-order valence-electron chi connectivity index (χ3n) is 2.71. The Morgan fingerprint density at radius 3 is 2.55 bits per heavy atom. The molecule has 0 saturated carbocycles. The second-order valence-corrected chi connectivity index (χ2v) is 6.56. The highest BCUT2D eigenvalue weighted by molar-refractivity contribution is 9.10. The number of anilines is 1. The number of pyridine rings is 1. The smallest absolute Gasteiger partial charge is 0.152 e. The highest BCUT2D eigenvalue weighted by Gasteiger charge is 2.15. The van der Waals surface area contributed by atoms with Crippen molar-refractivity contribution in [2.45, 2.75) is 13.0 Å². The van der Waals surface area contributed by atoms with Crippen LogP contribution in [0.25, 0.3) is 0 Å². The SMILES string of the molecule is CC(Nc1cc(Br)cnc1Cl)c1ccc(Cl)c(Cl)c1Cl. The molecule has 1 aromatic carbocycles. The summed E-state index contributed by atoms with van der Waals surface area (Å²) in [5, 5.41) is 4.83. The zero-order chi connectivity index (χ0) is 14.9. The van der Waals surface area contributed by atoms with Crippen LogP contribution in [-0.2, 0) is 0 Å². The number of rotatable bonds is 3. The van der Waals surface area contributed by atoms with Gasteiger partial charge in [-0.3, -0.25) is 0 Å². The van der Waals surface area contributed by atoms with Gasteiger partial charge in [-0.2, -0.15) is 0 Å². The monoisotopic (exact) mass is 412 g/mol. The van der Waals surface area contributed by atoms with Gasteiger partial charge in [-0.15, -0.1) is 0 Å². The molecule has 0 fully saturated rings. The van der Waals surface area contributed by atoms with Gasteiger partial charge in [-0.1, -0.05) is 52.5 Å². The molecule has 0 aliphatic carbocycles. The number of halogens is 5. The highest BCUT2D eigenvalue weighted by atomic mass is 79.9. The van der Waals surface area contributed by atoms with E-state index in [0.29, 0.717) is 25.9 Å². The van der Waals surface area contributed by atoms with E-state index in [-0.39, 0.29) is 6.04 Å². The molecule has 0 spiro atoms. The topological polar surface area (TPSA) is 24.9 Å². The van der Waals surface area contributed by atoms with E-state index < -0.39 is 0 Å². The van der Waals surface area contributed by atoms with E-state index in [9.17, 15) is 0 Å². The Morgan fingerprint density at radius 1 is 1.15 bits per heavy atom. The van der Waals surface area contributed by atoms with Gasteiger partial charge >= 0.3 is 0 Å². The molecule has 7 heteroatoms. The van der Waals surface area contributed by atoms with E-state index in [1.807, 2.05) is 19.1 Å². The van der Waals surface area contributed by atoms with Gasteiger partial charge in [0.05, 0.1) is 26.8 Å². The molecular weight excluding hydrogens is 406 g/mol. The second kappa shape index (κ2) is 6.71. The maximum atomic E-state index is 6.22. The minimum absolute atomic E-state index is 0.106. The lowest BCUT2D eigenvalue weighted by molar-refractivity contribution is 0.883. The Balaban J connectivity index is 2.31. The van der Waals surface area contributed by atoms with Crippen molar-refractivity contribution >= 4 is 68.0 Å². The van der Waals surface area contributed by atoms with Gasteiger partial charge in [0.15, 0.2) is 5.15 Å². The molecule has 20 heavy (non-hydrogen) atoms. The van der Waals surface area contributed by atoms with Gasteiger partial charge in [-0.25, -0.2) is 4.98 Å². The van der Waals surface area contributed by atoms with Crippen LogP contribution in [-0.4, -0.2) is 4.98 Å². The molecule has 0 radical (unpaired) electrons. The third-order valence-corrected chi connectivity index (χ3v) is 4.75. The lowest BCUT2D eigenvalue weighted by Crippen LogP contribution is -2.08. The fourth-order valence-corrected chi connectivity index (χ4v) is 2.91. The standard InChI is InChI=1S/C13H9BrCl4N2/c1-6(8-2-3-9(15)12(17)11(8)16)20-10-4-7(14)5-19-13(10)18/h2-6,20H,1H3. The first-order valence-corrected chi connectivity index (χ1v) is 7.91. The molecule has 106 valence electrons. The second-order valence-electron chi connectivity index (χ2n) is 4.12. The maximum absolute atomic E-state index is 6.22. The normalized spacial score (nSPS) is 12.3. The lowest BCUT2D eigenvalue weighted by atomic mass is 10.1. The van der Waals surface area contributed by atoms with Crippen LogP contribution in [0.2, 0.25) is 20.2 Å². The summed E-state index contributed by atoms with van der Waals surface area (Å²) < 4.78 is 0.830. The van der Waals surface area contributed by atoms with Crippen molar-refractivity contribution in [3.63, 3.8) is 0 Å². The van der Waals surface area contributed by atoms with E-state index >= 15 is 0 Å². The van der Waals surface area contributed by atoms with Crippen LogP contribution >= 0.6 is 62.3 Å². The van der Waals surface area contributed by atoms with Gasteiger partial charge in [0.25, 0.3) is 0 Å². The van der Waals surface area contributed by atoms with Crippen molar-refractivity contribution in [2.75, 3.05) is 5.32 Å². The fraction of sp³-hybridized carbons (Fsp3) is 0.154. The van der Waals surface area contributed by atoms with Crippen LogP contribution in [0.5, 0.6) is 0 Å². The van der Waals surface area contributed by atoms with Crippen LogP contribution in [0.15, 0.2) is 28.9 Å². The van der Waals surface area contributed by atoms with E-state index in [2.05, 4.69) is 26.2 Å². The van der Waals surface area contributed by atoms with Gasteiger partial charge in [0.2, 0.25) is 0 Å². The minimum Gasteiger partial charge on any atom is -0.376 e. The number of benzene rings is 1. The summed E-state index contributed by atoms with van der Waals surface area (Å²) in [6.07, 6.45) is 1.63. The molecular formula is C13H9BrCl4N2. The van der Waals surface area contributed by atoms with Crippen molar-refractivity contribution in [3.05, 3.63) is 54.7 Å². The molecule has 0 aliphatic rings. The summed E-state index contributed by atoms with van der Waals surface area (Å²) in [6.45, 7) is 1.95. The maximum Gasteiger partial charge on any atom is 0.152 e. The zero-order valence-corrected chi connectivity index (χ0v) is 14.8.